The molecule has 16 heavy (non-hydrogen) atoms. The number of hydrogen-bond donors (Lipinski definition) is 3. The molecule has 1 aliphatic rings. The molecule has 1 aliphatic heterocycles. The number of piperidine rings is 1. The molecule has 1 fully saturated rings. The first-order valence-corrected chi connectivity index (χ1v) is 5.74. The monoisotopic (exact) mass is 227 g/mol. The van der Waals surface area contributed by atoms with Crippen molar-refractivity contribution in [2.24, 2.45) is 5.73 Å². The zero-order chi connectivity index (χ0) is 12.2. The van der Waals surface area contributed by atoms with Gasteiger partial charge in [0, 0.05) is 12.0 Å². The van der Waals surface area contributed by atoms with Crippen molar-refractivity contribution in [1.82, 2.24) is 10.6 Å². The van der Waals surface area contributed by atoms with E-state index in [1.54, 1.807) is 0 Å². The molecule has 0 aliphatic carbocycles. The van der Waals surface area contributed by atoms with E-state index in [-0.39, 0.29) is 23.4 Å². The van der Waals surface area contributed by atoms with Crippen LogP contribution in [0.2, 0.25) is 0 Å². The summed E-state index contributed by atoms with van der Waals surface area (Å²) < 4.78 is 0. The van der Waals surface area contributed by atoms with Crippen molar-refractivity contribution in [2.75, 3.05) is 6.54 Å². The van der Waals surface area contributed by atoms with Crippen molar-refractivity contribution < 1.29 is 9.59 Å². The Hall–Kier alpha value is -0.940. The molecule has 1 rings (SSSR count). The smallest absolute Gasteiger partial charge is 0.243 e. The Labute approximate surface area is 96.1 Å². The van der Waals surface area contributed by atoms with Crippen molar-refractivity contribution in [3.8, 4) is 0 Å². The number of amides is 2. The van der Waals surface area contributed by atoms with Crippen LogP contribution in [0.15, 0.2) is 0 Å². The molecule has 1 unspecified atom stereocenters. The zero-order valence-corrected chi connectivity index (χ0v) is 10.0. The largest absolute Gasteiger partial charge is 0.326 e. The first-order chi connectivity index (χ1) is 7.38. The van der Waals surface area contributed by atoms with Gasteiger partial charge in [0.15, 0.2) is 0 Å². The second-order valence-corrected chi connectivity index (χ2v) is 5.05. The van der Waals surface area contributed by atoms with Gasteiger partial charge in [-0.2, -0.15) is 0 Å². The molecule has 0 saturated carbocycles. The van der Waals surface area contributed by atoms with Gasteiger partial charge in [-0.1, -0.05) is 0 Å². The van der Waals surface area contributed by atoms with E-state index < -0.39 is 0 Å². The average molecular weight is 227 g/mol. The number of nitrogens with one attached hydrogen (secondary N) is 2. The van der Waals surface area contributed by atoms with Crippen LogP contribution in [0, 0.1) is 0 Å². The van der Waals surface area contributed by atoms with E-state index in [4.69, 9.17) is 5.73 Å². The van der Waals surface area contributed by atoms with Gasteiger partial charge in [0.25, 0.3) is 0 Å². The minimum atomic E-state index is -0.224. The van der Waals surface area contributed by atoms with Crippen molar-refractivity contribution >= 4 is 11.8 Å². The third-order valence-corrected chi connectivity index (χ3v) is 2.63. The summed E-state index contributed by atoms with van der Waals surface area (Å²) in [5, 5.41) is 5.47. The molecule has 0 bridgehead atoms. The number of rotatable bonds is 5. The van der Waals surface area contributed by atoms with E-state index in [1.165, 1.54) is 0 Å². The summed E-state index contributed by atoms with van der Waals surface area (Å²) in [6.45, 7) is 4.73. The van der Waals surface area contributed by atoms with E-state index in [0.29, 0.717) is 12.8 Å². The van der Waals surface area contributed by atoms with Gasteiger partial charge in [0.05, 0.1) is 6.04 Å². The topological polar surface area (TPSA) is 84.2 Å². The Bertz CT molecular complexity index is 271. The van der Waals surface area contributed by atoms with E-state index in [0.717, 1.165) is 19.4 Å². The van der Waals surface area contributed by atoms with Crippen molar-refractivity contribution in [2.45, 2.75) is 51.1 Å². The lowest BCUT2D eigenvalue weighted by Crippen LogP contribution is -2.51. The highest BCUT2D eigenvalue weighted by Crippen LogP contribution is 2.07. The molecule has 1 atom stereocenters. The predicted molar refractivity (Wildman–Crippen MR) is 61.7 cm³/mol. The minimum absolute atomic E-state index is 0.160. The molecule has 5 heteroatoms. The maximum Gasteiger partial charge on any atom is 0.243 e. The standard InChI is InChI=1S/C11H21N3O2/c1-11(2,12)6-3-7-13-8-4-5-9(15)14-10(8)16/h8,13H,3-7,12H2,1-2H3,(H,14,15,16). The number of hydrogen-bond acceptors (Lipinski definition) is 4. The Morgan fingerprint density at radius 2 is 2.19 bits per heavy atom. The fourth-order valence-electron chi connectivity index (χ4n) is 1.71. The molecule has 4 N–H and O–H groups in total. The molecule has 1 saturated heterocycles. The molecule has 0 radical (unpaired) electrons. The quantitative estimate of drug-likeness (QED) is 0.452. The Morgan fingerprint density at radius 3 is 2.75 bits per heavy atom. The van der Waals surface area contributed by atoms with Gasteiger partial charge < -0.3 is 11.1 Å². The van der Waals surface area contributed by atoms with Crippen LogP contribution in [0.1, 0.15) is 39.5 Å². The first kappa shape index (κ1) is 13.1. The van der Waals surface area contributed by atoms with E-state index >= 15 is 0 Å². The molecule has 0 spiro atoms. The lowest BCUT2D eigenvalue weighted by Gasteiger charge is -2.23. The van der Waals surface area contributed by atoms with Gasteiger partial charge in [-0.25, -0.2) is 0 Å². The van der Waals surface area contributed by atoms with Crippen LogP contribution in [-0.4, -0.2) is 29.9 Å². The lowest BCUT2D eigenvalue weighted by atomic mass is 10.00. The molecule has 0 aromatic rings. The highest BCUT2D eigenvalue weighted by molar-refractivity contribution is 6.00. The Morgan fingerprint density at radius 1 is 1.50 bits per heavy atom. The highest BCUT2D eigenvalue weighted by atomic mass is 16.2. The summed E-state index contributed by atoms with van der Waals surface area (Å²) in [6, 6.07) is -0.224. The number of carbonyl (C=O) groups is 2. The van der Waals surface area contributed by atoms with Crippen LogP contribution in [0.4, 0.5) is 0 Å². The molecule has 1 heterocycles. The van der Waals surface area contributed by atoms with Crippen LogP contribution in [0.3, 0.4) is 0 Å². The minimum Gasteiger partial charge on any atom is -0.326 e. The van der Waals surface area contributed by atoms with Crippen LogP contribution < -0.4 is 16.4 Å². The fraction of sp³-hybridized carbons (Fsp3) is 0.818. The number of carbonyl (C=O) groups excluding carboxylic acids is 2. The first-order valence-electron chi connectivity index (χ1n) is 5.74. The van der Waals surface area contributed by atoms with Crippen molar-refractivity contribution in [3.05, 3.63) is 0 Å². The Balaban J connectivity index is 2.18. The van der Waals surface area contributed by atoms with Gasteiger partial charge in [-0.05, 0) is 39.7 Å². The van der Waals surface area contributed by atoms with Gasteiger partial charge in [-0.3, -0.25) is 14.9 Å². The van der Waals surface area contributed by atoms with Crippen LogP contribution in [0.5, 0.6) is 0 Å². The van der Waals surface area contributed by atoms with Gasteiger partial charge in [0.1, 0.15) is 0 Å². The summed E-state index contributed by atoms with van der Waals surface area (Å²) in [5.74, 6) is -0.380. The second-order valence-electron chi connectivity index (χ2n) is 5.05. The number of imide groups is 1. The van der Waals surface area contributed by atoms with Crippen molar-refractivity contribution in [3.63, 3.8) is 0 Å². The lowest BCUT2D eigenvalue weighted by molar-refractivity contribution is -0.134. The Kier molecular flexibility index (Phi) is 4.44. The summed E-state index contributed by atoms with van der Waals surface area (Å²) >= 11 is 0. The van der Waals surface area contributed by atoms with Crippen LogP contribution in [-0.2, 0) is 9.59 Å². The summed E-state index contributed by atoms with van der Waals surface area (Å²) in [4.78, 5) is 22.3. The molecule has 92 valence electrons. The summed E-state index contributed by atoms with van der Waals surface area (Å²) in [7, 11) is 0. The van der Waals surface area contributed by atoms with Gasteiger partial charge in [-0.15, -0.1) is 0 Å². The fourth-order valence-corrected chi connectivity index (χ4v) is 1.71. The average Bonchev–Trinajstić information content (AvgIpc) is 2.13. The highest BCUT2D eigenvalue weighted by Gasteiger charge is 2.25. The molecule has 0 aromatic carbocycles. The predicted octanol–water partition coefficient (Wildman–Crippen LogP) is -0.101. The SMILES string of the molecule is CC(C)(N)CCCNC1CCC(=O)NC1=O. The summed E-state index contributed by atoms with van der Waals surface area (Å²) in [6.07, 6.45) is 2.86. The number of nitrogens with two attached hydrogens (primary N) is 1. The normalized spacial score (nSPS) is 22.1. The van der Waals surface area contributed by atoms with Crippen LogP contribution in [0.25, 0.3) is 0 Å². The van der Waals surface area contributed by atoms with E-state index in [2.05, 4.69) is 10.6 Å². The summed E-state index contributed by atoms with van der Waals surface area (Å²) in [5.41, 5.74) is 5.69. The van der Waals surface area contributed by atoms with E-state index in [1.807, 2.05) is 13.8 Å². The molecule has 2 amide bonds. The molecule has 0 aromatic heterocycles. The maximum atomic E-state index is 11.4. The third kappa shape index (κ3) is 4.72. The third-order valence-electron chi connectivity index (χ3n) is 2.63. The molecular weight excluding hydrogens is 206 g/mol. The van der Waals surface area contributed by atoms with Crippen LogP contribution >= 0.6 is 0 Å². The molecule has 5 nitrogen and oxygen atoms in total. The van der Waals surface area contributed by atoms with Gasteiger partial charge in [0.2, 0.25) is 11.8 Å². The zero-order valence-electron chi connectivity index (χ0n) is 10.0. The second kappa shape index (κ2) is 5.41. The van der Waals surface area contributed by atoms with E-state index in [9.17, 15) is 9.59 Å². The van der Waals surface area contributed by atoms with Crippen molar-refractivity contribution in [1.29, 1.82) is 0 Å². The van der Waals surface area contributed by atoms with Gasteiger partial charge >= 0.3 is 0 Å². The maximum absolute atomic E-state index is 11.4. The molecular formula is C11H21N3O2.